The minimum Gasteiger partial charge on any atom is -0.480 e. The van der Waals surface area contributed by atoms with Crippen molar-refractivity contribution in [2.75, 3.05) is 6.61 Å². The summed E-state index contributed by atoms with van der Waals surface area (Å²) in [5, 5.41) is 10.9. The van der Waals surface area contributed by atoms with Crippen LogP contribution in [0.4, 0.5) is 4.79 Å². The number of aliphatic carboxylic acids is 1. The highest BCUT2D eigenvalue weighted by atomic mass is 16.5. The first kappa shape index (κ1) is 14.4. The van der Waals surface area contributed by atoms with E-state index in [4.69, 9.17) is 9.84 Å². The monoisotopic (exact) mass is 231 g/mol. The lowest BCUT2D eigenvalue weighted by Crippen LogP contribution is -2.41. The minimum atomic E-state index is -1.17. The standard InChI is InChI=1S/C10H17NO5/c1-2-3-7-16-10(15)11-8(9(13)14)5-4-6-12/h6,8H,2-5,7H2,1H3,(H,11,15)(H,13,14)/t8-/m1/s1. The van der Waals surface area contributed by atoms with Gasteiger partial charge in [0.25, 0.3) is 0 Å². The predicted octanol–water partition coefficient (Wildman–Crippen LogP) is 0.945. The highest BCUT2D eigenvalue weighted by Gasteiger charge is 2.19. The number of amides is 1. The van der Waals surface area contributed by atoms with E-state index < -0.39 is 18.1 Å². The van der Waals surface area contributed by atoms with Crippen molar-refractivity contribution >= 4 is 18.3 Å². The van der Waals surface area contributed by atoms with Gasteiger partial charge in [-0.2, -0.15) is 0 Å². The summed E-state index contributed by atoms with van der Waals surface area (Å²) < 4.78 is 4.74. The third-order valence-corrected chi connectivity index (χ3v) is 1.89. The van der Waals surface area contributed by atoms with Crippen LogP contribution in [0, 0.1) is 0 Å². The summed E-state index contributed by atoms with van der Waals surface area (Å²) in [6.45, 7) is 2.22. The second-order valence-corrected chi connectivity index (χ2v) is 3.27. The lowest BCUT2D eigenvalue weighted by molar-refractivity contribution is -0.139. The van der Waals surface area contributed by atoms with E-state index in [9.17, 15) is 14.4 Å². The van der Waals surface area contributed by atoms with E-state index >= 15 is 0 Å². The lowest BCUT2D eigenvalue weighted by Gasteiger charge is -2.13. The van der Waals surface area contributed by atoms with Crippen molar-refractivity contribution < 1.29 is 24.2 Å². The zero-order valence-corrected chi connectivity index (χ0v) is 9.27. The Balaban J connectivity index is 3.93. The minimum absolute atomic E-state index is 0.0711. The molecule has 0 fully saturated rings. The number of unbranched alkanes of at least 4 members (excludes halogenated alkanes) is 1. The third kappa shape index (κ3) is 6.80. The van der Waals surface area contributed by atoms with Gasteiger partial charge in [-0.05, 0) is 12.8 Å². The SMILES string of the molecule is CCCCOC(=O)N[C@H](CCC=O)C(=O)O. The first-order chi connectivity index (χ1) is 7.61. The number of nitrogens with one attached hydrogen (secondary N) is 1. The molecule has 0 aliphatic heterocycles. The molecule has 6 heteroatoms. The molecule has 0 saturated heterocycles. The molecule has 0 aromatic carbocycles. The molecule has 0 spiro atoms. The maximum Gasteiger partial charge on any atom is 0.407 e. The van der Waals surface area contributed by atoms with Gasteiger partial charge in [-0.15, -0.1) is 0 Å². The van der Waals surface area contributed by atoms with Crippen molar-refractivity contribution in [3.05, 3.63) is 0 Å². The van der Waals surface area contributed by atoms with Gasteiger partial charge in [0.2, 0.25) is 0 Å². The summed E-state index contributed by atoms with van der Waals surface area (Å²) in [7, 11) is 0. The number of ether oxygens (including phenoxy) is 1. The van der Waals surface area contributed by atoms with Crippen molar-refractivity contribution in [3.8, 4) is 0 Å². The first-order valence-corrected chi connectivity index (χ1v) is 5.21. The maximum atomic E-state index is 11.1. The molecule has 0 saturated carbocycles. The van der Waals surface area contributed by atoms with Gasteiger partial charge in [0.05, 0.1) is 6.61 Å². The average molecular weight is 231 g/mol. The second kappa shape index (κ2) is 8.70. The molecule has 0 aromatic rings. The quantitative estimate of drug-likeness (QED) is 0.479. The summed E-state index contributed by atoms with van der Waals surface area (Å²) in [6.07, 6.45) is 1.64. The molecule has 92 valence electrons. The Morgan fingerprint density at radius 3 is 2.69 bits per heavy atom. The molecule has 0 aromatic heterocycles. The molecule has 0 rings (SSSR count). The Kier molecular flexibility index (Phi) is 7.83. The number of carboxylic acid groups (broad SMARTS) is 1. The zero-order chi connectivity index (χ0) is 12.4. The molecule has 0 bridgehead atoms. The van der Waals surface area contributed by atoms with Crippen LogP contribution in [0.1, 0.15) is 32.6 Å². The van der Waals surface area contributed by atoms with Crippen LogP contribution in [-0.4, -0.2) is 36.1 Å². The normalized spacial score (nSPS) is 11.6. The Hall–Kier alpha value is -1.59. The molecule has 6 nitrogen and oxygen atoms in total. The molecular formula is C10H17NO5. The van der Waals surface area contributed by atoms with Gasteiger partial charge in [-0.1, -0.05) is 13.3 Å². The van der Waals surface area contributed by atoms with Gasteiger partial charge >= 0.3 is 12.1 Å². The van der Waals surface area contributed by atoms with E-state index in [1.807, 2.05) is 6.92 Å². The Labute approximate surface area is 94.0 Å². The predicted molar refractivity (Wildman–Crippen MR) is 56.1 cm³/mol. The summed E-state index contributed by atoms with van der Waals surface area (Å²) in [5.74, 6) is -1.17. The van der Waals surface area contributed by atoms with E-state index in [2.05, 4.69) is 5.32 Å². The smallest absolute Gasteiger partial charge is 0.407 e. The van der Waals surface area contributed by atoms with Crippen LogP contribution in [0.15, 0.2) is 0 Å². The van der Waals surface area contributed by atoms with Crippen molar-refractivity contribution in [1.82, 2.24) is 5.32 Å². The van der Waals surface area contributed by atoms with E-state index in [1.54, 1.807) is 0 Å². The van der Waals surface area contributed by atoms with E-state index in [1.165, 1.54) is 0 Å². The largest absolute Gasteiger partial charge is 0.480 e. The number of carbonyl (C=O) groups excluding carboxylic acids is 2. The van der Waals surface area contributed by atoms with Crippen molar-refractivity contribution in [1.29, 1.82) is 0 Å². The van der Waals surface area contributed by atoms with Crippen LogP contribution in [0.25, 0.3) is 0 Å². The number of aldehydes is 1. The van der Waals surface area contributed by atoms with Crippen LogP contribution >= 0.6 is 0 Å². The van der Waals surface area contributed by atoms with Crippen LogP contribution in [0.2, 0.25) is 0 Å². The van der Waals surface area contributed by atoms with Gasteiger partial charge in [0.1, 0.15) is 12.3 Å². The van der Waals surface area contributed by atoms with Gasteiger partial charge in [0, 0.05) is 6.42 Å². The first-order valence-electron chi connectivity index (χ1n) is 5.21. The van der Waals surface area contributed by atoms with Gasteiger partial charge < -0.3 is 20.0 Å². The summed E-state index contributed by atoms with van der Waals surface area (Å²) >= 11 is 0. The maximum absolute atomic E-state index is 11.1. The van der Waals surface area contributed by atoms with Crippen molar-refractivity contribution in [2.24, 2.45) is 0 Å². The fourth-order valence-corrected chi connectivity index (χ4v) is 0.985. The van der Waals surface area contributed by atoms with Crippen LogP contribution in [0.5, 0.6) is 0 Å². The molecule has 0 aliphatic rings. The van der Waals surface area contributed by atoms with Gasteiger partial charge in [0.15, 0.2) is 0 Å². The van der Waals surface area contributed by atoms with E-state index in [-0.39, 0.29) is 19.4 Å². The number of hydrogen-bond acceptors (Lipinski definition) is 4. The molecule has 0 heterocycles. The number of alkyl carbamates (subject to hydrolysis) is 1. The molecule has 2 N–H and O–H groups in total. The van der Waals surface area contributed by atoms with Crippen LogP contribution in [0.3, 0.4) is 0 Å². The Bertz CT molecular complexity index is 241. The molecule has 1 atom stereocenters. The Morgan fingerprint density at radius 1 is 1.50 bits per heavy atom. The topological polar surface area (TPSA) is 92.7 Å². The lowest BCUT2D eigenvalue weighted by atomic mass is 10.2. The fourth-order valence-electron chi connectivity index (χ4n) is 0.985. The summed E-state index contributed by atoms with van der Waals surface area (Å²) in [5.41, 5.74) is 0. The highest BCUT2D eigenvalue weighted by Crippen LogP contribution is 1.97. The van der Waals surface area contributed by atoms with Gasteiger partial charge in [-0.25, -0.2) is 9.59 Å². The van der Waals surface area contributed by atoms with E-state index in [0.29, 0.717) is 6.29 Å². The number of carboxylic acids is 1. The molecule has 0 radical (unpaired) electrons. The third-order valence-electron chi connectivity index (χ3n) is 1.89. The van der Waals surface area contributed by atoms with Gasteiger partial charge in [-0.3, -0.25) is 0 Å². The number of carbonyl (C=O) groups is 3. The molecule has 16 heavy (non-hydrogen) atoms. The molecule has 1 amide bonds. The number of rotatable bonds is 8. The Morgan fingerprint density at radius 2 is 2.19 bits per heavy atom. The fraction of sp³-hybridized carbons (Fsp3) is 0.700. The van der Waals surface area contributed by atoms with Crippen LogP contribution < -0.4 is 5.32 Å². The second-order valence-electron chi connectivity index (χ2n) is 3.27. The molecule has 0 unspecified atom stereocenters. The highest BCUT2D eigenvalue weighted by molar-refractivity contribution is 5.80. The molecule has 0 aliphatic carbocycles. The zero-order valence-electron chi connectivity index (χ0n) is 9.27. The van der Waals surface area contributed by atoms with Crippen molar-refractivity contribution in [2.45, 2.75) is 38.6 Å². The molecular weight excluding hydrogens is 214 g/mol. The van der Waals surface area contributed by atoms with Crippen LogP contribution in [-0.2, 0) is 14.3 Å². The summed E-state index contributed by atoms with van der Waals surface area (Å²) in [6, 6.07) is -1.07. The van der Waals surface area contributed by atoms with E-state index in [0.717, 1.165) is 12.8 Å². The number of hydrogen-bond donors (Lipinski definition) is 2. The average Bonchev–Trinajstić information content (AvgIpc) is 2.24. The van der Waals surface area contributed by atoms with Crippen molar-refractivity contribution in [3.63, 3.8) is 0 Å². The summed E-state index contributed by atoms with van der Waals surface area (Å²) in [4.78, 5) is 31.9.